The third kappa shape index (κ3) is 2.34. The van der Waals surface area contributed by atoms with Gasteiger partial charge in [0.15, 0.2) is 0 Å². The van der Waals surface area contributed by atoms with Crippen LogP contribution >= 0.6 is 0 Å². The first-order chi connectivity index (χ1) is 9.47. The Morgan fingerprint density at radius 1 is 1.35 bits per heavy atom. The number of imide groups is 1. The van der Waals surface area contributed by atoms with Crippen LogP contribution in [0.2, 0.25) is 0 Å². The molecule has 0 spiro atoms. The molecule has 0 saturated carbocycles. The van der Waals surface area contributed by atoms with Crippen LogP contribution in [0.15, 0.2) is 30.9 Å². The maximum Gasteiger partial charge on any atom is 0.325 e. The maximum absolute atomic E-state index is 12.1. The van der Waals surface area contributed by atoms with Gasteiger partial charge in [-0.05, 0) is 18.6 Å². The molecule has 7 heteroatoms. The summed E-state index contributed by atoms with van der Waals surface area (Å²) in [6.45, 7) is 5.44. The fourth-order valence-electron chi connectivity index (χ4n) is 1.97. The fourth-order valence-corrected chi connectivity index (χ4v) is 2.23. The molecule has 0 aliphatic carbocycles. The molecular weight excluding hydrogens is 282 g/mol. The minimum absolute atomic E-state index is 0.0266. The van der Waals surface area contributed by atoms with Crippen molar-refractivity contribution in [3.63, 3.8) is 0 Å². The third-order valence-corrected chi connectivity index (χ3v) is 3.02. The SMILES string of the molecule is C=C1C(=O)N(OS(=O)O)C(=O)c2cccc(/C=C\C)c21. The van der Waals surface area contributed by atoms with Crippen LogP contribution in [-0.4, -0.2) is 25.6 Å². The molecule has 1 aromatic carbocycles. The normalized spacial score (nSPS) is 16.7. The molecular formula is C13H11NO5S. The largest absolute Gasteiger partial charge is 0.325 e. The van der Waals surface area contributed by atoms with Gasteiger partial charge >= 0.3 is 11.4 Å². The van der Waals surface area contributed by atoms with E-state index in [0.29, 0.717) is 11.1 Å². The molecule has 2 rings (SSSR count). The lowest BCUT2D eigenvalue weighted by molar-refractivity contribution is -0.141. The Kier molecular flexibility index (Phi) is 3.93. The third-order valence-electron chi connectivity index (χ3n) is 2.74. The molecule has 20 heavy (non-hydrogen) atoms. The minimum atomic E-state index is -2.78. The van der Waals surface area contributed by atoms with Crippen LogP contribution in [0.4, 0.5) is 0 Å². The van der Waals surface area contributed by atoms with Crippen LogP contribution in [0.5, 0.6) is 0 Å². The molecule has 6 nitrogen and oxygen atoms in total. The van der Waals surface area contributed by atoms with Crippen molar-refractivity contribution in [3.05, 3.63) is 47.5 Å². The molecule has 2 amide bonds. The predicted octanol–water partition coefficient (Wildman–Crippen LogP) is 1.78. The Hall–Kier alpha value is -2.09. The lowest BCUT2D eigenvalue weighted by Gasteiger charge is -2.26. The monoisotopic (exact) mass is 293 g/mol. The topological polar surface area (TPSA) is 83.9 Å². The molecule has 0 radical (unpaired) electrons. The van der Waals surface area contributed by atoms with Crippen molar-refractivity contribution in [2.75, 3.05) is 0 Å². The zero-order chi connectivity index (χ0) is 14.9. The van der Waals surface area contributed by atoms with Gasteiger partial charge in [0.2, 0.25) is 0 Å². The van der Waals surface area contributed by atoms with E-state index in [2.05, 4.69) is 10.9 Å². The van der Waals surface area contributed by atoms with Gasteiger partial charge in [0, 0.05) is 11.1 Å². The number of hydrogen-bond donors (Lipinski definition) is 1. The summed E-state index contributed by atoms with van der Waals surface area (Å²) in [5, 5.41) is 0.250. The molecule has 1 atom stereocenters. The smallest absolute Gasteiger partial charge is 0.282 e. The Morgan fingerprint density at radius 2 is 2.05 bits per heavy atom. The number of amides is 2. The highest BCUT2D eigenvalue weighted by Crippen LogP contribution is 2.31. The van der Waals surface area contributed by atoms with E-state index in [1.807, 2.05) is 0 Å². The van der Waals surface area contributed by atoms with Crippen molar-refractivity contribution in [3.8, 4) is 0 Å². The molecule has 1 aromatic rings. The van der Waals surface area contributed by atoms with E-state index in [1.165, 1.54) is 6.07 Å². The van der Waals surface area contributed by atoms with Crippen LogP contribution in [0.3, 0.4) is 0 Å². The minimum Gasteiger partial charge on any atom is -0.282 e. The molecule has 1 N–H and O–H groups in total. The first-order valence-electron chi connectivity index (χ1n) is 5.60. The first kappa shape index (κ1) is 14.3. The summed E-state index contributed by atoms with van der Waals surface area (Å²) in [4.78, 5) is 24.1. The van der Waals surface area contributed by atoms with E-state index >= 15 is 0 Å². The zero-order valence-electron chi connectivity index (χ0n) is 10.5. The van der Waals surface area contributed by atoms with Gasteiger partial charge in [0.25, 0.3) is 11.8 Å². The Labute approximate surface area is 117 Å². The average molecular weight is 293 g/mol. The summed E-state index contributed by atoms with van der Waals surface area (Å²) in [5.74, 6) is -1.66. The summed E-state index contributed by atoms with van der Waals surface area (Å²) in [7, 11) is 0. The number of rotatable bonds is 3. The van der Waals surface area contributed by atoms with Gasteiger partial charge in [0.05, 0.1) is 5.56 Å². The second-order valence-electron chi connectivity index (χ2n) is 3.94. The Bertz CT molecular complexity index is 665. The lowest BCUT2D eigenvalue weighted by Crippen LogP contribution is -2.42. The highest BCUT2D eigenvalue weighted by molar-refractivity contribution is 7.74. The van der Waals surface area contributed by atoms with Crippen LogP contribution in [0.1, 0.15) is 28.4 Å². The molecule has 1 aliphatic rings. The van der Waals surface area contributed by atoms with Crippen molar-refractivity contribution in [1.29, 1.82) is 0 Å². The number of hydroxylamine groups is 2. The number of hydrogen-bond acceptors (Lipinski definition) is 4. The molecule has 0 aromatic heterocycles. The molecule has 104 valence electrons. The predicted molar refractivity (Wildman–Crippen MR) is 73.2 cm³/mol. The van der Waals surface area contributed by atoms with Crippen molar-refractivity contribution in [1.82, 2.24) is 5.06 Å². The summed E-state index contributed by atoms with van der Waals surface area (Å²) in [5.41, 5.74) is 1.29. The second kappa shape index (κ2) is 5.49. The summed E-state index contributed by atoms with van der Waals surface area (Å²) in [6.07, 6.45) is 3.51. The Balaban J connectivity index is 2.60. The molecule has 0 saturated heterocycles. The van der Waals surface area contributed by atoms with E-state index in [4.69, 9.17) is 4.55 Å². The number of nitrogens with zero attached hydrogens (tertiary/aromatic N) is 1. The number of fused-ring (bicyclic) bond motifs is 1. The van der Waals surface area contributed by atoms with Crippen LogP contribution < -0.4 is 0 Å². The molecule has 1 aliphatic heterocycles. The molecule has 0 bridgehead atoms. The fraction of sp³-hybridized carbons (Fsp3) is 0.0769. The van der Waals surface area contributed by atoms with Gasteiger partial charge in [-0.25, -0.2) is 0 Å². The van der Waals surface area contributed by atoms with Gasteiger partial charge in [-0.1, -0.05) is 30.9 Å². The van der Waals surface area contributed by atoms with E-state index in [0.717, 1.165) is 0 Å². The van der Waals surface area contributed by atoms with Gasteiger partial charge in [-0.2, -0.15) is 4.21 Å². The summed E-state index contributed by atoms with van der Waals surface area (Å²) in [6, 6.07) is 4.88. The van der Waals surface area contributed by atoms with E-state index in [-0.39, 0.29) is 16.2 Å². The van der Waals surface area contributed by atoms with Crippen molar-refractivity contribution in [2.45, 2.75) is 6.92 Å². The molecule has 1 unspecified atom stereocenters. The van der Waals surface area contributed by atoms with Crippen LogP contribution in [0, 0.1) is 0 Å². The average Bonchev–Trinajstić information content (AvgIpc) is 2.41. The molecule has 1 heterocycles. The van der Waals surface area contributed by atoms with Gasteiger partial charge in [0.1, 0.15) is 0 Å². The summed E-state index contributed by atoms with van der Waals surface area (Å²) < 4.78 is 23.7. The van der Waals surface area contributed by atoms with Crippen molar-refractivity contribution in [2.24, 2.45) is 0 Å². The highest BCUT2D eigenvalue weighted by Gasteiger charge is 2.37. The maximum atomic E-state index is 12.1. The van der Waals surface area contributed by atoms with Gasteiger partial charge in [-0.15, -0.1) is 9.35 Å². The standard InChI is InChI=1S/C13H11NO5S/c1-3-5-9-6-4-7-10-11(9)8(2)12(15)14(13(10)16)19-20(17)18/h3-7H,2H2,1H3,(H,17,18)/b5-3-. The zero-order valence-corrected chi connectivity index (χ0v) is 11.3. The van der Waals surface area contributed by atoms with Crippen LogP contribution in [0.25, 0.3) is 11.6 Å². The second-order valence-corrected chi connectivity index (χ2v) is 4.53. The number of carbonyl (C=O) groups excluding carboxylic acids is 2. The van der Waals surface area contributed by atoms with Crippen molar-refractivity contribution < 1.29 is 22.6 Å². The molecule has 0 fully saturated rings. The number of carbonyl (C=O) groups is 2. The first-order valence-corrected chi connectivity index (χ1v) is 6.63. The number of benzene rings is 1. The Morgan fingerprint density at radius 3 is 2.65 bits per heavy atom. The highest BCUT2D eigenvalue weighted by atomic mass is 32.2. The van der Waals surface area contributed by atoms with Gasteiger partial charge in [-0.3, -0.25) is 14.1 Å². The van der Waals surface area contributed by atoms with E-state index in [1.54, 1.807) is 31.2 Å². The van der Waals surface area contributed by atoms with E-state index in [9.17, 15) is 13.8 Å². The van der Waals surface area contributed by atoms with E-state index < -0.39 is 23.2 Å². The lowest BCUT2D eigenvalue weighted by atomic mass is 9.91. The van der Waals surface area contributed by atoms with Gasteiger partial charge < -0.3 is 0 Å². The quantitative estimate of drug-likeness (QED) is 0.522. The number of allylic oxidation sites excluding steroid dienone is 1. The van der Waals surface area contributed by atoms with Crippen molar-refractivity contribution >= 4 is 34.8 Å². The van der Waals surface area contributed by atoms with Crippen LogP contribution in [-0.2, 0) is 20.4 Å². The summed E-state index contributed by atoms with van der Waals surface area (Å²) >= 11 is -2.78.